The van der Waals surface area contributed by atoms with Gasteiger partial charge in [-0.1, -0.05) is 6.07 Å². The van der Waals surface area contributed by atoms with E-state index in [2.05, 4.69) is 10.0 Å². The molecule has 180 valence electrons. The van der Waals surface area contributed by atoms with Gasteiger partial charge in [-0.05, 0) is 80.9 Å². The quantitative estimate of drug-likeness (QED) is 0.426. The molecule has 2 N–H and O–H groups in total. The van der Waals surface area contributed by atoms with Crippen molar-refractivity contribution in [1.82, 2.24) is 0 Å². The third-order valence-corrected chi connectivity index (χ3v) is 6.41. The number of carbonyl (C=O) groups is 1. The fourth-order valence-electron chi connectivity index (χ4n) is 3.23. The van der Waals surface area contributed by atoms with Crippen molar-refractivity contribution in [2.24, 2.45) is 0 Å². The van der Waals surface area contributed by atoms with Gasteiger partial charge in [0.1, 0.15) is 5.75 Å². The molecule has 0 radical (unpaired) electrons. The molecule has 3 aromatic rings. The number of sulfonamides is 1. The van der Waals surface area contributed by atoms with Crippen molar-refractivity contribution < 1.29 is 27.4 Å². The number of aryl methyl sites for hydroxylation is 1. The van der Waals surface area contributed by atoms with E-state index in [-0.39, 0.29) is 4.90 Å². The van der Waals surface area contributed by atoms with Gasteiger partial charge in [0.25, 0.3) is 15.9 Å². The van der Waals surface area contributed by atoms with E-state index in [4.69, 9.17) is 14.2 Å². The second-order valence-corrected chi connectivity index (χ2v) is 8.95. The molecule has 0 aliphatic carbocycles. The van der Waals surface area contributed by atoms with Gasteiger partial charge in [0.2, 0.25) is 0 Å². The summed E-state index contributed by atoms with van der Waals surface area (Å²) in [5.74, 6) is 1.23. The van der Waals surface area contributed by atoms with Gasteiger partial charge < -0.3 is 19.5 Å². The van der Waals surface area contributed by atoms with Crippen LogP contribution in [0.2, 0.25) is 0 Å². The summed E-state index contributed by atoms with van der Waals surface area (Å²) >= 11 is 0. The Morgan fingerprint density at radius 2 is 1.50 bits per heavy atom. The van der Waals surface area contributed by atoms with Crippen molar-refractivity contribution in [3.05, 3.63) is 71.8 Å². The molecule has 3 aromatic carbocycles. The first-order valence-electron chi connectivity index (χ1n) is 10.8. The molecule has 0 atom stereocenters. The standard InChI is InChI=1S/C25H28N2O6S/c1-5-32-22-14-8-18(15-23(22)33-6-2)25(28)26-20-9-7-17(3)24(16-20)34(29,30)27-19-10-12-21(31-4)13-11-19/h7-16,27H,5-6H2,1-4H3,(H,26,28). The second-order valence-electron chi connectivity index (χ2n) is 7.30. The Labute approximate surface area is 199 Å². The van der Waals surface area contributed by atoms with Crippen LogP contribution in [0.3, 0.4) is 0 Å². The number of benzene rings is 3. The Morgan fingerprint density at radius 3 is 2.15 bits per heavy atom. The van der Waals surface area contributed by atoms with Crippen LogP contribution in [-0.2, 0) is 10.0 Å². The number of carbonyl (C=O) groups excluding carboxylic acids is 1. The van der Waals surface area contributed by atoms with Crippen LogP contribution >= 0.6 is 0 Å². The van der Waals surface area contributed by atoms with E-state index in [1.54, 1.807) is 61.5 Å². The van der Waals surface area contributed by atoms with Gasteiger partial charge >= 0.3 is 0 Å². The van der Waals surface area contributed by atoms with Gasteiger partial charge in [-0.15, -0.1) is 0 Å². The van der Waals surface area contributed by atoms with E-state index >= 15 is 0 Å². The zero-order chi connectivity index (χ0) is 24.7. The first-order valence-corrected chi connectivity index (χ1v) is 12.2. The molecule has 9 heteroatoms. The van der Waals surface area contributed by atoms with Crippen LogP contribution in [0.15, 0.2) is 65.6 Å². The summed E-state index contributed by atoms with van der Waals surface area (Å²) in [5.41, 5.74) is 1.64. The lowest BCUT2D eigenvalue weighted by molar-refractivity contribution is 0.102. The Kier molecular flexibility index (Phi) is 8.01. The van der Waals surface area contributed by atoms with Crippen molar-refractivity contribution in [2.75, 3.05) is 30.4 Å². The van der Waals surface area contributed by atoms with E-state index in [0.717, 1.165) is 0 Å². The molecule has 0 heterocycles. The monoisotopic (exact) mass is 484 g/mol. The molecule has 0 saturated carbocycles. The number of hydrogen-bond donors (Lipinski definition) is 2. The summed E-state index contributed by atoms with van der Waals surface area (Å²) in [6.45, 7) is 6.29. The highest BCUT2D eigenvalue weighted by atomic mass is 32.2. The highest BCUT2D eigenvalue weighted by Crippen LogP contribution is 2.29. The maximum atomic E-state index is 13.0. The predicted octanol–water partition coefficient (Wildman–Crippen LogP) is 4.85. The summed E-state index contributed by atoms with van der Waals surface area (Å²) in [6, 6.07) is 16.2. The summed E-state index contributed by atoms with van der Waals surface area (Å²) in [7, 11) is -2.36. The Balaban J connectivity index is 1.82. The number of hydrogen-bond acceptors (Lipinski definition) is 6. The molecular weight excluding hydrogens is 456 g/mol. The maximum Gasteiger partial charge on any atom is 0.262 e. The van der Waals surface area contributed by atoms with Gasteiger partial charge in [-0.2, -0.15) is 0 Å². The van der Waals surface area contributed by atoms with Gasteiger partial charge in [0.05, 0.1) is 25.2 Å². The summed E-state index contributed by atoms with van der Waals surface area (Å²) < 4.78 is 44.8. The molecule has 0 spiro atoms. The maximum absolute atomic E-state index is 13.0. The van der Waals surface area contributed by atoms with Crippen LogP contribution in [0.25, 0.3) is 0 Å². The second kappa shape index (κ2) is 10.9. The van der Waals surface area contributed by atoms with Crippen molar-refractivity contribution in [1.29, 1.82) is 0 Å². The van der Waals surface area contributed by atoms with Crippen LogP contribution in [0.1, 0.15) is 29.8 Å². The zero-order valence-corrected chi connectivity index (χ0v) is 20.4. The fraction of sp³-hybridized carbons (Fsp3) is 0.240. The number of anilines is 2. The van der Waals surface area contributed by atoms with Crippen LogP contribution in [0.4, 0.5) is 11.4 Å². The lowest BCUT2D eigenvalue weighted by atomic mass is 10.1. The average molecular weight is 485 g/mol. The predicted molar refractivity (Wildman–Crippen MR) is 132 cm³/mol. The van der Waals surface area contributed by atoms with Crippen molar-refractivity contribution in [3.63, 3.8) is 0 Å². The number of nitrogens with one attached hydrogen (secondary N) is 2. The van der Waals surface area contributed by atoms with Gasteiger partial charge in [-0.25, -0.2) is 8.42 Å². The Hall–Kier alpha value is -3.72. The molecule has 0 fully saturated rings. The Bertz CT molecular complexity index is 1260. The average Bonchev–Trinajstić information content (AvgIpc) is 2.82. The number of rotatable bonds is 10. The highest BCUT2D eigenvalue weighted by Gasteiger charge is 2.19. The van der Waals surface area contributed by atoms with Crippen LogP contribution in [-0.4, -0.2) is 34.6 Å². The van der Waals surface area contributed by atoms with E-state index in [9.17, 15) is 13.2 Å². The topological polar surface area (TPSA) is 103 Å². The molecule has 8 nitrogen and oxygen atoms in total. The minimum atomic E-state index is -3.89. The normalized spacial score (nSPS) is 10.9. The largest absolute Gasteiger partial charge is 0.497 e. The molecule has 0 saturated heterocycles. The van der Waals surface area contributed by atoms with Crippen LogP contribution < -0.4 is 24.2 Å². The van der Waals surface area contributed by atoms with E-state index in [1.165, 1.54) is 13.2 Å². The minimum Gasteiger partial charge on any atom is -0.497 e. The van der Waals surface area contributed by atoms with Crippen molar-refractivity contribution >= 4 is 27.3 Å². The van der Waals surface area contributed by atoms with Crippen molar-refractivity contribution in [2.45, 2.75) is 25.7 Å². The fourth-order valence-corrected chi connectivity index (χ4v) is 4.56. The summed E-state index contributed by atoms with van der Waals surface area (Å²) in [5, 5.41) is 2.75. The highest BCUT2D eigenvalue weighted by molar-refractivity contribution is 7.92. The van der Waals surface area contributed by atoms with Gasteiger partial charge in [0.15, 0.2) is 11.5 Å². The third kappa shape index (κ3) is 5.99. The van der Waals surface area contributed by atoms with E-state index in [0.29, 0.717) is 53.0 Å². The van der Waals surface area contributed by atoms with E-state index < -0.39 is 15.9 Å². The first-order chi connectivity index (χ1) is 16.3. The molecule has 0 aliphatic heterocycles. The van der Waals surface area contributed by atoms with Crippen LogP contribution in [0.5, 0.6) is 17.2 Å². The molecule has 3 rings (SSSR count). The molecule has 1 amide bonds. The van der Waals surface area contributed by atoms with E-state index in [1.807, 2.05) is 13.8 Å². The van der Waals surface area contributed by atoms with Crippen LogP contribution in [0, 0.1) is 6.92 Å². The molecular formula is C25H28N2O6S. The zero-order valence-electron chi connectivity index (χ0n) is 19.5. The van der Waals surface area contributed by atoms with Gasteiger partial charge in [0, 0.05) is 16.9 Å². The summed E-state index contributed by atoms with van der Waals surface area (Å²) in [4.78, 5) is 12.9. The molecule has 0 aromatic heterocycles. The number of amides is 1. The lowest BCUT2D eigenvalue weighted by Gasteiger charge is -2.14. The molecule has 0 aliphatic rings. The smallest absolute Gasteiger partial charge is 0.262 e. The molecule has 0 bridgehead atoms. The number of methoxy groups -OCH3 is 1. The summed E-state index contributed by atoms with van der Waals surface area (Å²) in [6.07, 6.45) is 0. The number of ether oxygens (including phenoxy) is 3. The minimum absolute atomic E-state index is 0.0582. The van der Waals surface area contributed by atoms with Gasteiger partial charge in [-0.3, -0.25) is 9.52 Å². The first kappa shape index (κ1) is 24.9. The molecule has 0 unspecified atom stereocenters. The lowest BCUT2D eigenvalue weighted by Crippen LogP contribution is -2.16. The third-order valence-electron chi connectivity index (χ3n) is 4.88. The molecule has 34 heavy (non-hydrogen) atoms. The Morgan fingerprint density at radius 1 is 0.853 bits per heavy atom. The van der Waals surface area contributed by atoms with Crippen molar-refractivity contribution in [3.8, 4) is 17.2 Å². The SMILES string of the molecule is CCOc1ccc(C(=O)Nc2ccc(C)c(S(=O)(=O)Nc3ccc(OC)cc3)c2)cc1OCC.